The summed E-state index contributed by atoms with van der Waals surface area (Å²) in [5.74, 6) is 0.766. The van der Waals surface area contributed by atoms with Crippen LogP contribution in [0.4, 0.5) is 5.69 Å². The molecule has 3 rings (SSSR count). The molecule has 0 spiro atoms. The Labute approximate surface area is 123 Å². The van der Waals surface area contributed by atoms with E-state index in [0.717, 1.165) is 42.7 Å². The lowest BCUT2D eigenvalue weighted by molar-refractivity contribution is -0.120. The molecule has 1 fully saturated rings. The Kier molecular flexibility index (Phi) is 4.01. The molecule has 1 aliphatic rings. The molecular weight excluding hydrogens is 266 g/mol. The summed E-state index contributed by atoms with van der Waals surface area (Å²) in [6, 6.07) is 5.80. The van der Waals surface area contributed by atoms with Crippen molar-refractivity contribution in [1.82, 2.24) is 10.3 Å². The fourth-order valence-corrected chi connectivity index (χ4v) is 2.62. The number of aryl methyl sites for hydroxylation is 1. The highest BCUT2D eigenvalue weighted by molar-refractivity contribution is 5.93. The smallest absolute Gasteiger partial charge is 0.227 e. The number of piperidine rings is 1. The van der Waals surface area contributed by atoms with Gasteiger partial charge in [0, 0.05) is 17.2 Å². The molecule has 1 amide bonds. The minimum atomic E-state index is 0.0951. The van der Waals surface area contributed by atoms with Gasteiger partial charge >= 0.3 is 0 Å². The Bertz CT molecular complexity index is 616. The van der Waals surface area contributed by atoms with Crippen LogP contribution in [0.2, 0.25) is 0 Å². The van der Waals surface area contributed by atoms with Gasteiger partial charge in [-0.2, -0.15) is 0 Å². The zero-order valence-electron chi connectivity index (χ0n) is 12.1. The molecule has 1 aromatic carbocycles. The topological polar surface area (TPSA) is 67.2 Å². The van der Waals surface area contributed by atoms with Crippen LogP contribution >= 0.6 is 0 Å². The van der Waals surface area contributed by atoms with Gasteiger partial charge in [-0.15, -0.1) is 0 Å². The molecule has 110 valence electrons. The first-order valence-corrected chi connectivity index (χ1v) is 7.26. The Balaban J connectivity index is 1.77. The summed E-state index contributed by atoms with van der Waals surface area (Å²) in [7, 11) is 0. The highest BCUT2D eigenvalue weighted by Gasteiger charge is 2.21. The lowest BCUT2D eigenvalue weighted by atomic mass is 9.97. The third-order valence-electron chi connectivity index (χ3n) is 3.88. The molecule has 1 aliphatic heterocycles. The number of anilines is 1. The predicted molar refractivity (Wildman–Crippen MR) is 80.9 cm³/mol. The van der Waals surface area contributed by atoms with E-state index in [9.17, 15) is 4.79 Å². The molecule has 1 saturated heterocycles. The van der Waals surface area contributed by atoms with E-state index in [2.05, 4.69) is 15.6 Å². The summed E-state index contributed by atoms with van der Waals surface area (Å²) < 4.78 is 5.34. The molecule has 5 heteroatoms. The van der Waals surface area contributed by atoms with Gasteiger partial charge in [-0.05, 0) is 50.6 Å². The molecule has 0 unspecified atom stereocenters. The van der Waals surface area contributed by atoms with E-state index in [1.807, 2.05) is 25.1 Å². The van der Waals surface area contributed by atoms with Crippen LogP contribution < -0.4 is 10.6 Å². The maximum atomic E-state index is 12.3. The van der Waals surface area contributed by atoms with Crippen molar-refractivity contribution in [2.45, 2.75) is 19.8 Å². The van der Waals surface area contributed by atoms with E-state index in [0.29, 0.717) is 5.89 Å². The summed E-state index contributed by atoms with van der Waals surface area (Å²) >= 11 is 0. The van der Waals surface area contributed by atoms with Crippen molar-refractivity contribution in [3.05, 3.63) is 36.2 Å². The second-order valence-corrected chi connectivity index (χ2v) is 5.38. The van der Waals surface area contributed by atoms with Gasteiger partial charge in [-0.3, -0.25) is 4.79 Å². The number of carbonyl (C=O) groups is 1. The van der Waals surface area contributed by atoms with Gasteiger partial charge in [0.1, 0.15) is 6.26 Å². The van der Waals surface area contributed by atoms with Gasteiger partial charge in [0.15, 0.2) is 0 Å². The van der Waals surface area contributed by atoms with E-state index in [-0.39, 0.29) is 11.8 Å². The molecule has 21 heavy (non-hydrogen) atoms. The van der Waals surface area contributed by atoms with Gasteiger partial charge in [0.05, 0.1) is 6.20 Å². The largest absolute Gasteiger partial charge is 0.445 e. The predicted octanol–water partition coefficient (Wildman–Crippen LogP) is 2.59. The van der Waals surface area contributed by atoms with E-state index in [1.54, 1.807) is 12.5 Å². The number of carbonyl (C=O) groups excluding carboxylic acids is 1. The fraction of sp³-hybridized carbons (Fsp3) is 0.375. The van der Waals surface area contributed by atoms with Crippen LogP contribution in [0.5, 0.6) is 0 Å². The number of rotatable bonds is 3. The van der Waals surface area contributed by atoms with Crippen LogP contribution in [0.15, 0.2) is 35.1 Å². The van der Waals surface area contributed by atoms with Gasteiger partial charge < -0.3 is 15.1 Å². The highest BCUT2D eigenvalue weighted by atomic mass is 16.3. The molecule has 2 aromatic rings. The number of hydrogen-bond acceptors (Lipinski definition) is 4. The summed E-state index contributed by atoms with van der Waals surface area (Å²) in [5, 5.41) is 6.27. The van der Waals surface area contributed by atoms with Gasteiger partial charge in [-0.1, -0.05) is 6.07 Å². The zero-order valence-corrected chi connectivity index (χ0v) is 12.1. The minimum absolute atomic E-state index is 0.0951. The van der Waals surface area contributed by atoms with Gasteiger partial charge in [0.2, 0.25) is 11.8 Å². The Hall–Kier alpha value is -2.14. The van der Waals surface area contributed by atoms with E-state index in [4.69, 9.17) is 4.42 Å². The number of nitrogens with one attached hydrogen (secondary N) is 2. The summed E-state index contributed by atoms with van der Waals surface area (Å²) in [6.45, 7) is 3.82. The number of oxazole rings is 1. The molecule has 2 N–H and O–H groups in total. The van der Waals surface area contributed by atoms with E-state index in [1.165, 1.54) is 0 Å². The molecule has 0 radical (unpaired) electrons. The molecule has 0 atom stereocenters. The van der Waals surface area contributed by atoms with Crippen LogP contribution in [0.25, 0.3) is 11.5 Å². The molecule has 1 aromatic heterocycles. The van der Waals surface area contributed by atoms with E-state index >= 15 is 0 Å². The van der Waals surface area contributed by atoms with Crippen molar-refractivity contribution in [2.75, 3.05) is 18.4 Å². The molecule has 0 saturated carbocycles. The van der Waals surface area contributed by atoms with Crippen LogP contribution in [-0.4, -0.2) is 24.0 Å². The fourth-order valence-electron chi connectivity index (χ4n) is 2.62. The Morgan fingerprint density at radius 3 is 2.90 bits per heavy atom. The number of nitrogens with zero attached hydrogens (tertiary/aromatic N) is 1. The molecule has 0 bridgehead atoms. The monoisotopic (exact) mass is 285 g/mol. The first-order chi connectivity index (χ1) is 10.2. The Morgan fingerprint density at radius 1 is 1.38 bits per heavy atom. The third kappa shape index (κ3) is 3.13. The first-order valence-electron chi connectivity index (χ1n) is 7.26. The summed E-state index contributed by atoms with van der Waals surface area (Å²) in [5.41, 5.74) is 2.76. The number of amides is 1. The Morgan fingerprint density at radius 2 is 2.19 bits per heavy atom. The number of aromatic nitrogens is 1. The van der Waals surface area contributed by atoms with Crippen molar-refractivity contribution >= 4 is 11.6 Å². The van der Waals surface area contributed by atoms with Crippen molar-refractivity contribution in [2.24, 2.45) is 5.92 Å². The average molecular weight is 285 g/mol. The van der Waals surface area contributed by atoms with Crippen molar-refractivity contribution in [1.29, 1.82) is 0 Å². The zero-order chi connectivity index (χ0) is 14.7. The van der Waals surface area contributed by atoms with Crippen LogP contribution in [0, 0.1) is 12.8 Å². The van der Waals surface area contributed by atoms with Crippen LogP contribution in [0.1, 0.15) is 18.4 Å². The van der Waals surface area contributed by atoms with Crippen molar-refractivity contribution in [3.63, 3.8) is 0 Å². The SMILES string of the molecule is Cc1ccc(NC(=O)C2CCNCC2)cc1-c1ncco1. The molecule has 5 nitrogen and oxygen atoms in total. The van der Waals surface area contributed by atoms with Crippen molar-refractivity contribution in [3.8, 4) is 11.5 Å². The number of hydrogen-bond donors (Lipinski definition) is 2. The molecule has 0 aliphatic carbocycles. The average Bonchev–Trinajstić information content (AvgIpc) is 3.04. The molecule has 2 heterocycles. The maximum Gasteiger partial charge on any atom is 0.227 e. The number of benzene rings is 1. The highest BCUT2D eigenvalue weighted by Crippen LogP contribution is 2.26. The maximum absolute atomic E-state index is 12.3. The molecular formula is C16H19N3O2. The van der Waals surface area contributed by atoms with Crippen LogP contribution in [0.3, 0.4) is 0 Å². The second-order valence-electron chi connectivity index (χ2n) is 5.38. The van der Waals surface area contributed by atoms with Gasteiger partial charge in [0.25, 0.3) is 0 Å². The van der Waals surface area contributed by atoms with E-state index < -0.39 is 0 Å². The van der Waals surface area contributed by atoms with Crippen molar-refractivity contribution < 1.29 is 9.21 Å². The lowest BCUT2D eigenvalue weighted by Gasteiger charge is -2.21. The quantitative estimate of drug-likeness (QED) is 0.909. The normalized spacial score (nSPS) is 15.9. The lowest BCUT2D eigenvalue weighted by Crippen LogP contribution is -2.34. The summed E-state index contributed by atoms with van der Waals surface area (Å²) in [6.07, 6.45) is 4.96. The second kappa shape index (κ2) is 6.10. The summed E-state index contributed by atoms with van der Waals surface area (Å²) in [4.78, 5) is 16.4. The first kappa shape index (κ1) is 13.8. The minimum Gasteiger partial charge on any atom is -0.445 e. The third-order valence-corrected chi connectivity index (χ3v) is 3.88. The van der Waals surface area contributed by atoms with Crippen LogP contribution in [-0.2, 0) is 4.79 Å². The standard InChI is InChI=1S/C16H19N3O2/c1-11-2-3-13(10-14(11)16-18-8-9-21-16)19-15(20)12-4-6-17-7-5-12/h2-3,8-10,12,17H,4-7H2,1H3,(H,19,20). The van der Waals surface area contributed by atoms with Gasteiger partial charge in [-0.25, -0.2) is 4.98 Å².